The van der Waals surface area contributed by atoms with Crippen LogP contribution in [0.3, 0.4) is 0 Å². The van der Waals surface area contributed by atoms with Gasteiger partial charge in [0, 0.05) is 17.1 Å². The van der Waals surface area contributed by atoms with Gasteiger partial charge in [0.2, 0.25) is 0 Å². The normalized spacial score (nSPS) is 10.4. The Balaban J connectivity index is 2.44. The second kappa shape index (κ2) is 5.26. The Morgan fingerprint density at radius 2 is 2.00 bits per heavy atom. The summed E-state index contributed by atoms with van der Waals surface area (Å²) in [4.78, 5) is 15.1. The van der Waals surface area contributed by atoms with Gasteiger partial charge in [-0.05, 0) is 23.8 Å². The van der Waals surface area contributed by atoms with Crippen molar-refractivity contribution in [2.75, 3.05) is 0 Å². The molecule has 0 spiro atoms. The molecule has 106 valence electrons. The summed E-state index contributed by atoms with van der Waals surface area (Å²) in [5.74, 6) is 0.0454. The van der Waals surface area contributed by atoms with E-state index in [1.807, 2.05) is 6.07 Å². The lowest BCUT2D eigenvalue weighted by molar-refractivity contribution is 0.0837. The monoisotopic (exact) mass is 292 g/mol. The van der Waals surface area contributed by atoms with Crippen molar-refractivity contribution in [3.05, 3.63) is 59.8 Å². The molecule has 22 heavy (non-hydrogen) atoms. The molecule has 0 fully saturated rings. The fourth-order valence-electron chi connectivity index (χ4n) is 2.44. The molecule has 0 bridgehead atoms. The number of halogens is 1. The lowest BCUT2D eigenvalue weighted by atomic mass is 9.95. The summed E-state index contributed by atoms with van der Waals surface area (Å²) in [6.45, 7) is 0. The number of phenols is 1. The number of hydrogen-bond acceptors (Lipinski definition) is 4. The average molecular weight is 292 g/mol. The highest BCUT2D eigenvalue weighted by Gasteiger charge is 2.16. The van der Waals surface area contributed by atoms with E-state index < -0.39 is 6.04 Å². The van der Waals surface area contributed by atoms with Crippen LogP contribution in [0.25, 0.3) is 22.0 Å². The van der Waals surface area contributed by atoms with Crippen LogP contribution in [-0.4, -0.2) is 16.1 Å². The number of pyridine rings is 1. The van der Waals surface area contributed by atoms with Crippen molar-refractivity contribution in [3.8, 4) is 22.9 Å². The molecule has 0 aliphatic rings. The minimum atomic E-state index is -1.58. The highest BCUT2D eigenvalue weighted by molar-refractivity contribution is 6.07. The average Bonchev–Trinajstić information content (AvgIpc) is 2.52. The van der Waals surface area contributed by atoms with Gasteiger partial charge < -0.3 is 5.11 Å². The Hall–Kier alpha value is -3.26. The number of para-hydroxylation sites is 1. The molecule has 2 aromatic carbocycles. The van der Waals surface area contributed by atoms with Crippen molar-refractivity contribution in [1.82, 2.24) is 4.98 Å². The summed E-state index contributed by atoms with van der Waals surface area (Å²) in [5, 5.41) is 19.4. The lowest BCUT2D eigenvalue weighted by Crippen LogP contribution is -1.97. The molecule has 0 aliphatic carbocycles. The van der Waals surface area contributed by atoms with E-state index in [0.29, 0.717) is 16.5 Å². The van der Waals surface area contributed by atoms with Crippen molar-refractivity contribution < 1.29 is 14.3 Å². The number of aromatic hydroxyl groups is 1. The summed E-state index contributed by atoms with van der Waals surface area (Å²) in [5.41, 5.74) is 1.41. The van der Waals surface area contributed by atoms with Crippen molar-refractivity contribution in [3.63, 3.8) is 0 Å². The molecule has 0 amide bonds. The first-order valence-electron chi connectivity index (χ1n) is 6.43. The number of carbonyl (C=O) groups excluding carboxylic acids is 1. The van der Waals surface area contributed by atoms with E-state index in [1.54, 1.807) is 18.2 Å². The molecule has 0 atom stereocenters. The van der Waals surface area contributed by atoms with Crippen LogP contribution in [0.1, 0.15) is 15.9 Å². The van der Waals surface area contributed by atoms with E-state index >= 15 is 0 Å². The number of aromatic nitrogens is 1. The molecule has 5 heteroatoms. The minimum absolute atomic E-state index is 0.0454. The smallest absolute Gasteiger partial charge is 0.334 e. The van der Waals surface area contributed by atoms with Crippen LogP contribution in [0.5, 0.6) is 5.75 Å². The first-order chi connectivity index (χ1) is 10.6. The number of phenolic OH excluding ortho intramolecular Hbond substituents is 1. The maximum Gasteiger partial charge on any atom is 0.334 e. The van der Waals surface area contributed by atoms with Crippen LogP contribution in [0.15, 0.2) is 48.7 Å². The molecule has 1 heterocycles. The second-order valence-corrected chi connectivity index (χ2v) is 4.68. The Morgan fingerprint density at radius 3 is 2.68 bits per heavy atom. The molecule has 3 aromatic rings. The summed E-state index contributed by atoms with van der Waals surface area (Å²) in [6, 6.07) is 11.4. The van der Waals surface area contributed by atoms with Crippen LogP contribution in [-0.2, 0) is 0 Å². The van der Waals surface area contributed by atoms with Crippen LogP contribution < -0.4 is 0 Å². The number of nitrogens with zero attached hydrogens (tertiary/aromatic N) is 2. The van der Waals surface area contributed by atoms with Gasteiger partial charge in [-0.2, -0.15) is 9.65 Å². The molecule has 0 unspecified atom stereocenters. The quantitative estimate of drug-likeness (QED) is 0.732. The predicted octanol–water partition coefficient (Wildman–Crippen LogP) is 3.59. The first kappa shape index (κ1) is 13.7. The summed E-state index contributed by atoms with van der Waals surface area (Å²) < 4.78 is 13.2. The van der Waals surface area contributed by atoms with Gasteiger partial charge in [-0.15, -0.1) is 0 Å². The lowest BCUT2D eigenvalue weighted by Gasteiger charge is -2.10. The number of hydrogen-bond donors (Lipinski definition) is 1. The topological polar surface area (TPSA) is 74.0 Å². The number of rotatable bonds is 2. The van der Waals surface area contributed by atoms with E-state index in [1.165, 1.54) is 30.5 Å². The molecule has 1 aromatic heterocycles. The zero-order valence-electron chi connectivity index (χ0n) is 11.2. The van der Waals surface area contributed by atoms with Crippen molar-refractivity contribution >= 4 is 16.9 Å². The Labute approximate surface area is 125 Å². The summed E-state index contributed by atoms with van der Waals surface area (Å²) in [6.07, 6.45) is 1.30. The number of fused-ring (bicyclic) bond motifs is 1. The fourth-order valence-corrected chi connectivity index (χ4v) is 2.44. The van der Waals surface area contributed by atoms with E-state index in [4.69, 9.17) is 0 Å². The Bertz CT molecular complexity index is 945. The third-order valence-corrected chi connectivity index (χ3v) is 3.36. The maximum atomic E-state index is 13.2. The highest BCUT2D eigenvalue weighted by Crippen LogP contribution is 2.33. The third-order valence-electron chi connectivity index (χ3n) is 3.36. The summed E-state index contributed by atoms with van der Waals surface area (Å²) in [7, 11) is 0. The molecule has 0 saturated heterocycles. The standard InChI is InChI=1S/C17H9FN2O2/c18-17(22)14-6-2-5-13-15(10-3-1-4-12(21)7-10)11(8-19)9-20-16(13)14/h1-7,9,21H. The molecular formula is C17H9FN2O2. The fraction of sp³-hybridized carbons (Fsp3) is 0. The zero-order chi connectivity index (χ0) is 15.7. The Morgan fingerprint density at radius 1 is 1.23 bits per heavy atom. The van der Waals surface area contributed by atoms with Gasteiger partial charge in [-0.25, -0.2) is 0 Å². The van der Waals surface area contributed by atoms with Crippen molar-refractivity contribution in [2.24, 2.45) is 0 Å². The van der Waals surface area contributed by atoms with Gasteiger partial charge in [-0.3, -0.25) is 9.78 Å². The van der Waals surface area contributed by atoms with Crippen LogP contribution in [0.4, 0.5) is 4.39 Å². The highest BCUT2D eigenvalue weighted by atomic mass is 19.1. The van der Waals surface area contributed by atoms with E-state index in [2.05, 4.69) is 4.98 Å². The number of benzene rings is 2. The Kier molecular flexibility index (Phi) is 3.28. The van der Waals surface area contributed by atoms with E-state index in [-0.39, 0.29) is 22.4 Å². The zero-order valence-corrected chi connectivity index (χ0v) is 11.2. The van der Waals surface area contributed by atoms with Gasteiger partial charge >= 0.3 is 6.04 Å². The van der Waals surface area contributed by atoms with E-state index in [0.717, 1.165) is 0 Å². The van der Waals surface area contributed by atoms with Gasteiger partial charge in [-0.1, -0.05) is 24.3 Å². The van der Waals surface area contributed by atoms with Crippen LogP contribution in [0, 0.1) is 11.3 Å². The molecule has 0 radical (unpaired) electrons. The van der Waals surface area contributed by atoms with Gasteiger partial charge in [0.15, 0.2) is 0 Å². The van der Waals surface area contributed by atoms with Crippen molar-refractivity contribution in [1.29, 1.82) is 5.26 Å². The largest absolute Gasteiger partial charge is 0.508 e. The molecule has 3 rings (SSSR count). The second-order valence-electron chi connectivity index (χ2n) is 4.68. The van der Waals surface area contributed by atoms with E-state index in [9.17, 15) is 19.6 Å². The number of nitriles is 1. The van der Waals surface area contributed by atoms with Gasteiger partial charge in [0.25, 0.3) is 0 Å². The SMILES string of the molecule is N#Cc1cnc2c(C(=O)F)cccc2c1-c1cccc(O)c1. The third kappa shape index (κ3) is 2.17. The predicted molar refractivity (Wildman–Crippen MR) is 79.0 cm³/mol. The number of carbonyl (C=O) groups is 1. The van der Waals surface area contributed by atoms with Crippen LogP contribution in [0.2, 0.25) is 0 Å². The molecule has 1 N–H and O–H groups in total. The maximum absolute atomic E-state index is 13.2. The van der Waals surface area contributed by atoms with Gasteiger partial charge in [0.1, 0.15) is 11.8 Å². The van der Waals surface area contributed by atoms with Gasteiger partial charge in [0.05, 0.1) is 16.6 Å². The van der Waals surface area contributed by atoms with Crippen molar-refractivity contribution in [2.45, 2.75) is 0 Å². The molecule has 4 nitrogen and oxygen atoms in total. The first-order valence-corrected chi connectivity index (χ1v) is 6.43. The minimum Gasteiger partial charge on any atom is -0.508 e. The summed E-state index contributed by atoms with van der Waals surface area (Å²) >= 11 is 0. The molecular weight excluding hydrogens is 283 g/mol. The molecule has 0 saturated carbocycles. The van der Waals surface area contributed by atoms with Crippen LogP contribution >= 0.6 is 0 Å². The molecule has 0 aliphatic heterocycles.